The van der Waals surface area contributed by atoms with Gasteiger partial charge < -0.3 is 14.6 Å². The lowest BCUT2D eigenvalue weighted by molar-refractivity contribution is 0.332. The molecule has 0 radical (unpaired) electrons. The summed E-state index contributed by atoms with van der Waals surface area (Å²) in [4.78, 5) is 7.83. The molecule has 0 aromatic heterocycles. The Kier molecular flexibility index (Phi) is 9.15. The minimum atomic E-state index is -0.214. The van der Waals surface area contributed by atoms with Crippen molar-refractivity contribution in [3.05, 3.63) is 191 Å². The first-order valence-corrected chi connectivity index (χ1v) is 24.5. The van der Waals surface area contributed by atoms with Crippen molar-refractivity contribution in [3.63, 3.8) is 0 Å². The normalized spacial score (nSPS) is 16.5. The van der Waals surface area contributed by atoms with Crippen molar-refractivity contribution in [2.24, 2.45) is 0 Å². The Morgan fingerprint density at radius 1 is 0.545 bits per heavy atom. The van der Waals surface area contributed by atoms with Crippen LogP contribution in [0.25, 0.3) is 21.9 Å². The molecule has 0 bridgehead atoms. The van der Waals surface area contributed by atoms with Gasteiger partial charge in [0.15, 0.2) is 0 Å². The van der Waals surface area contributed by atoms with E-state index in [-0.39, 0.29) is 23.1 Å². The fraction of sp³-hybridized carbons (Fsp3) is 0.258. The molecule has 0 N–H and O–H groups in total. The number of hydrogen-bond donors (Lipinski definition) is 0. The van der Waals surface area contributed by atoms with Crippen LogP contribution in [0.1, 0.15) is 108 Å². The van der Waals surface area contributed by atoms with E-state index in [0.717, 1.165) is 17.8 Å². The molecule has 12 rings (SSSR count). The van der Waals surface area contributed by atoms with Gasteiger partial charge in [-0.05, 0) is 177 Å². The standard InChI is InChI=1S/C62H60BN3/c1-9-10-17-41-24-26-45(27-25-41)64(44-20-12-11-13-21-44)46-29-31-55-48(38-46)49-34-40(2)35-57-58(49)63(66(55)47-28-30-50-52(39-47)61(5,6)33-32-60(50,3)4)54-23-16-22-51-59(54)65(57)56-37-43-19-15-14-18-42(43)36-53(56)62(51,7)8/h11-16,18-31,34-39H,9-10,17,32-33H2,1-8H3. The monoisotopic (exact) mass is 857 g/mol. The molecule has 4 aliphatic rings. The Balaban J connectivity index is 1.14. The smallest absolute Gasteiger partial charge is 0.333 e. The van der Waals surface area contributed by atoms with Gasteiger partial charge in [-0.2, -0.15) is 0 Å². The molecule has 0 saturated heterocycles. The molecule has 0 saturated carbocycles. The zero-order valence-corrected chi connectivity index (χ0v) is 40.0. The Bertz CT molecular complexity index is 3250. The zero-order valence-electron chi connectivity index (χ0n) is 40.0. The van der Waals surface area contributed by atoms with Gasteiger partial charge in [0.05, 0.1) is 5.69 Å². The molecule has 0 unspecified atom stereocenters. The maximum Gasteiger partial charge on any atom is 0.333 e. The van der Waals surface area contributed by atoms with Crippen LogP contribution in [0.15, 0.2) is 158 Å². The first-order valence-electron chi connectivity index (χ1n) is 24.5. The Labute approximate surface area is 392 Å². The molecule has 0 spiro atoms. The lowest BCUT2D eigenvalue weighted by Gasteiger charge is -2.51. The number of unbranched alkanes of at least 4 members (excludes halogenated alkanes) is 1. The van der Waals surface area contributed by atoms with Crippen LogP contribution in [-0.4, -0.2) is 6.85 Å². The van der Waals surface area contributed by atoms with Crippen LogP contribution in [0.5, 0.6) is 0 Å². The van der Waals surface area contributed by atoms with Crippen molar-refractivity contribution in [2.45, 2.75) is 104 Å². The molecular formula is C62H60BN3. The summed E-state index contributed by atoms with van der Waals surface area (Å²) in [5.74, 6) is 0. The highest BCUT2D eigenvalue weighted by Gasteiger charge is 2.50. The van der Waals surface area contributed by atoms with Gasteiger partial charge in [0.1, 0.15) is 0 Å². The van der Waals surface area contributed by atoms with Gasteiger partial charge in [-0.15, -0.1) is 0 Å². The van der Waals surface area contributed by atoms with Crippen LogP contribution in [0.4, 0.5) is 45.5 Å². The lowest BCUT2D eigenvalue weighted by Crippen LogP contribution is -2.62. The maximum atomic E-state index is 2.73. The van der Waals surface area contributed by atoms with Crippen LogP contribution in [0.3, 0.4) is 0 Å². The van der Waals surface area contributed by atoms with Gasteiger partial charge in [-0.3, -0.25) is 0 Å². The SMILES string of the molecule is CCCCc1ccc(N(c2ccccc2)c2ccc3c(c2)-c2cc(C)cc4c2B(c2cccc5c2N4c2cc4ccccc4cc2C5(C)C)N3c2ccc3c(c2)C(C)(C)CCC3(C)C)cc1. The summed E-state index contributed by atoms with van der Waals surface area (Å²) in [5, 5.41) is 2.56. The number of nitrogens with zero attached hydrogens (tertiary/aromatic N) is 3. The average Bonchev–Trinajstić information content (AvgIpc) is 3.32. The highest BCUT2D eigenvalue weighted by molar-refractivity contribution is 6.93. The van der Waals surface area contributed by atoms with Crippen LogP contribution >= 0.6 is 0 Å². The van der Waals surface area contributed by atoms with Gasteiger partial charge in [0.2, 0.25) is 0 Å². The molecular weight excluding hydrogens is 798 g/mol. The van der Waals surface area contributed by atoms with E-state index in [1.54, 1.807) is 0 Å². The Morgan fingerprint density at radius 3 is 2.00 bits per heavy atom. The van der Waals surface area contributed by atoms with Gasteiger partial charge in [-0.1, -0.05) is 140 Å². The van der Waals surface area contributed by atoms with Crippen molar-refractivity contribution in [1.82, 2.24) is 0 Å². The van der Waals surface area contributed by atoms with E-state index in [9.17, 15) is 0 Å². The number of para-hydroxylation sites is 2. The Morgan fingerprint density at radius 2 is 1.24 bits per heavy atom. The summed E-state index contributed by atoms with van der Waals surface area (Å²) in [6, 6.07) is 60.9. The molecule has 0 fully saturated rings. The van der Waals surface area contributed by atoms with Crippen molar-refractivity contribution in [2.75, 3.05) is 14.6 Å². The van der Waals surface area contributed by atoms with Crippen molar-refractivity contribution in [1.29, 1.82) is 0 Å². The summed E-state index contributed by atoms with van der Waals surface area (Å²) < 4.78 is 0. The Hall–Kier alpha value is -6.52. The number of hydrogen-bond acceptors (Lipinski definition) is 3. The average molecular weight is 858 g/mol. The molecule has 3 heterocycles. The van der Waals surface area contributed by atoms with Gasteiger partial charge in [-0.25, -0.2) is 0 Å². The molecule has 0 atom stereocenters. The molecule has 66 heavy (non-hydrogen) atoms. The van der Waals surface area contributed by atoms with Gasteiger partial charge >= 0.3 is 6.85 Å². The molecule has 3 nitrogen and oxygen atoms in total. The summed E-state index contributed by atoms with van der Waals surface area (Å²) in [6.45, 7) is 19.2. The minimum Gasteiger partial charge on any atom is -0.376 e. The van der Waals surface area contributed by atoms with E-state index in [0.29, 0.717) is 0 Å². The van der Waals surface area contributed by atoms with E-state index in [1.807, 2.05) is 0 Å². The quantitative estimate of drug-likeness (QED) is 0.148. The van der Waals surface area contributed by atoms with Gasteiger partial charge in [0, 0.05) is 50.8 Å². The fourth-order valence-electron chi connectivity index (χ4n) is 12.3. The first-order chi connectivity index (χ1) is 31.8. The largest absolute Gasteiger partial charge is 0.376 e. The molecule has 0 amide bonds. The predicted molar refractivity (Wildman–Crippen MR) is 283 cm³/mol. The van der Waals surface area contributed by atoms with E-state index in [4.69, 9.17) is 0 Å². The molecule has 1 aliphatic carbocycles. The number of fused-ring (bicyclic) bond motifs is 8. The summed E-state index contributed by atoms with van der Waals surface area (Å²) in [7, 11) is 0. The van der Waals surface area contributed by atoms with Crippen LogP contribution in [-0.2, 0) is 22.7 Å². The number of rotatable bonds is 7. The van der Waals surface area contributed by atoms with E-state index >= 15 is 0 Å². The molecule has 4 heteroatoms. The third-order valence-corrected chi connectivity index (χ3v) is 16.0. The summed E-state index contributed by atoms with van der Waals surface area (Å²) in [6.07, 6.45) is 5.87. The highest BCUT2D eigenvalue weighted by atomic mass is 15.2. The van der Waals surface area contributed by atoms with E-state index in [2.05, 4.69) is 228 Å². The molecule has 326 valence electrons. The second kappa shape index (κ2) is 14.7. The first kappa shape index (κ1) is 41.0. The van der Waals surface area contributed by atoms with Crippen LogP contribution < -0.4 is 25.5 Å². The number of benzene rings is 8. The van der Waals surface area contributed by atoms with Crippen molar-refractivity contribution in [3.8, 4) is 11.1 Å². The van der Waals surface area contributed by atoms with Crippen molar-refractivity contribution < 1.29 is 0 Å². The minimum absolute atomic E-state index is 0.0448. The second-order valence-corrected chi connectivity index (χ2v) is 21.6. The maximum absolute atomic E-state index is 2.73. The van der Waals surface area contributed by atoms with E-state index in [1.165, 1.54) is 126 Å². The topological polar surface area (TPSA) is 9.72 Å². The molecule has 8 aromatic rings. The molecule has 8 aromatic carbocycles. The van der Waals surface area contributed by atoms with Crippen LogP contribution in [0, 0.1) is 6.92 Å². The predicted octanol–water partition coefficient (Wildman–Crippen LogP) is 15.7. The second-order valence-electron chi connectivity index (χ2n) is 21.6. The van der Waals surface area contributed by atoms with E-state index < -0.39 is 0 Å². The molecule has 3 aliphatic heterocycles. The van der Waals surface area contributed by atoms with Gasteiger partial charge in [0.25, 0.3) is 0 Å². The lowest BCUT2D eigenvalue weighted by atomic mass is 9.42. The summed E-state index contributed by atoms with van der Waals surface area (Å²) in [5.41, 5.74) is 23.5. The highest BCUT2D eigenvalue weighted by Crippen LogP contribution is 2.57. The number of aryl methyl sites for hydroxylation is 2. The summed E-state index contributed by atoms with van der Waals surface area (Å²) >= 11 is 0. The third-order valence-electron chi connectivity index (χ3n) is 16.0. The third kappa shape index (κ3) is 6.09. The number of anilines is 8. The van der Waals surface area contributed by atoms with Crippen molar-refractivity contribution >= 4 is 74.0 Å². The van der Waals surface area contributed by atoms with Crippen LogP contribution in [0.2, 0.25) is 0 Å². The zero-order chi connectivity index (χ0) is 45.3. The fourth-order valence-corrected chi connectivity index (χ4v) is 12.3.